The van der Waals surface area contributed by atoms with Crippen LogP contribution in [0.25, 0.3) is 0 Å². The van der Waals surface area contributed by atoms with Gasteiger partial charge in [0.25, 0.3) is 0 Å². The van der Waals surface area contributed by atoms with Gasteiger partial charge in [0.05, 0.1) is 0 Å². The number of aromatic nitrogens is 3. The van der Waals surface area contributed by atoms with E-state index in [2.05, 4.69) is 20.3 Å². The zero-order valence-electron chi connectivity index (χ0n) is 7.89. The summed E-state index contributed by atoms with van der Waals surface area (Å²) in [4.78, 5) is 12.0. The second kappa shape index (κ2) is 4.70. The molecule has 0 bridgehead atoms. The highest BCUT2D eigenvalue weighted by atomic mass is 35.5. The highest BCUT2D eigenvalue weighted by molar-refractivity contribution is 6.31. The quantitative estimate of drug-likeness (QED) is 0.861. The van der Waals surface area contributed by atoms with Crippen molar-refractivity contribution in [2.45, 2.75) is 6.54 Å². The Balaban J connectivity index is 2.03. The summed E-state index contributed by atoms with van der Waals surface area (Å²) in [5.41, 5.74) is 1.07. The monoisotopic (exact) mass is 220 g/mol. The molecule has 0 aliphatic heterocycles. The van der Waals surface area contributed by atoms with Crippen molar-refractivity contribution in [3.8, 4) is 0 Å². The lowest BCUT2D eigenvalue weighted by atomic mass is 10.3. The van der Waals surface area contributed by atoms with Crippen molar-refractivity contribution in [3.05, 3.63) is 47.6 Å². The molecule has 0 saturated heterocycles. The SMILES string of the molecule is Clc1nccnc1NCc1cccnc1. The smallest absolute Gasteiger partial charge is 0.171 e. The van der Waals surface area contributed by atoms with E-state index in [0.29, 0.717) is 17.5 Å². The summed E-state index contributed by atoms with van der Waals surface area (Å²) in [5.74, 6) is 0.586. The maximum atomic E-state index is 5.84. The molecule has 0 aromatic carbocycles. The molecule has 2 rings (SSSR count). The molecule has 0 atom stereocenters. The Morgan fingerprint density at radius 2 is 2.07 bits per heavy atom. The first kappa shape index (κ1) is 9.86. The third-order valence-electron chi connectivity index (χ3n) is 1.84. The van der Waals surface area contributed by atoms with Crippen LogP contribution in [0.5, 0.6) is 0 Å². The summed E-state index contributed by atoms with van der Waals surface area (Å²) in [6, 6.07) is 3.86. The highest BCUT2D eigenvalue weighted by Gasteiger charge is 2.00. The summed E-state index contributed by atoms with van der Waals surface area (Å²) in [6.07, 6.45) is 6.67. The molecular weight excluding hydrogens is 212 g/mol. The van der Waals surface area contributed by atoms with Gasteiger partial charge in [-0.25, -0.2) is 9.97 Å². The van der Waals surface area contributed by atoms with E-state index >= 15 is 0 Å². The first-order valence-corrected chi connectivity index (χ1v) is 4.83. The van der Waals surface area contributed by atoms with Crippen molar-refractivity contribution < 1.29 is 0 Å². The van der Waals surface area contributed by atoms with Crippen molar-refractivity contribution in [1.82, 2.24) is 15.0 Å². The van der Waals surface area contributed by atoms with Crippen molar-refractivity contribution in [2.75, 3.05) is 5.32 Å². The minimum absolute atomic E-state index is 0.376. The summed E-state index contributed by atoms with van der Waals surface area (Å²) < 4.78 is 0. The molecule has 0 aliphatic carbocycles. The summed E-state index contributed by atoms with van der Waals surface area (Å²) in [6.45, 7) is 0.631. The average molecular weight is 221 g/mol. The zero-order chi connectivity index (χ0) is 10.5. The molecule has 4 nitrogen and oxygen atoms in total. The van der Waals surface area contributed by atoms with Crippen molar-refractivity contribution in [3.63, 3.8) is 0 Å². The Kier molecular flexibility index (Phi) is 3.09. The molecule has 76 valence electrons. The fourth-order valence-corrected chi connectivity index (χ4v) is 1.30. The van der Waals surface area contributed by atoms with Gasteiger partial charge in [-0.15, -0.1) is 0 Å². The highest BCUT2D eigenvalue weighted by Crippen LogP contribution is 2.14. The number of halogens is 1. The lowest BCUT2D eigenvalue weighted by Gasteiger charge is -2.05. The third kappa shape index (κ3) is 2.63. The maximum absolute atomic E-state index is 5.84. The molecular formula is C10H9ClN4. The predicted molar refractivity (Wildman–Crippen MR) is 58.6 cm³/mol. The fraction of sp³-hybridized carbons (Fsp3) is 0.100. The third-order valence-corrected chi connectivity index (χ3v) is 2.11. The molecule has 2 heterocycles. The van der Waals surface area contributed by atoms with Gasteiger partial charge in [0, 0.05) is 31.3 Å². The first-order valence-electron chi connectivity index (χ1n) is 4.45. The van der Waals surface area contributed by atoms with Crippen molar-refractivity contribution in [1.29, 1.82) is 0 Å². The summed E-state index contributed by atoms with van der Waals surface area (Å²) in [5, 5.41) is 3.46. The Morgan fingerprint density at radius 1 is 1.20 bits per heavy atom. The van der Waals surface area contributed by atoms with Gasteiger partial charge in [-0.2, -0.15) is 0 Å². The van der Waals surface area contributed by atoms with Crippen LogP contribution in [0.3, 0.4) is 0 Å². The maximum Gasteiger partial charge on any atom is 0.171 e. The first-order chi connectivity index (χ1) is 7.36. The normalized spacial score (nSPS) is 9.93. The zero-order valence-corrected chi connectivity index (χ0v) is 8.65. The van der Waals surface area contributed by atoms with Crippen LogP contribution in [-0.2, 0) is 6.54 Å². The molecule has 0 unspecified atom stereocenters. The van der Waals surface area contributed by atoms with Crippen molar-refractivity contribution in [2.24, 2.45) is 0 Å². The van der Waals surface area contributed by atoms with Gasteiger partial charge in [0.15, 0.2) is 11.0 Å². The average Bonchev–Trinajstić information content (AvgIpc) is 2.29. The largest absolute Gasteiger partial charge is 0.363 e. The fourth-order valence-electron chi connectivity index (χ4n) is 1.13. The van der Waals surface area contributed by atoms with Crippen LogP contribution in [-0.4, -0.2) is 15.0 Å². The standard InChI is InChI=1S/C10H9ClN4/c11-9-10(14-5-4-13-9)15-7-8-2-1-3-12-6-8/h1-6H,7H2,(H,14,15). The molecule has 15 heavy (non-hydrogen) atoms. The van der Waals surface area contributed by atoms with Gasteiger partial charge in [0.1, 0.15) is 0 Å². The Hall–Kier alpha value is -1.68. The Bertz CT molecular complexity index is 432. The van der Waals surface area contributed by atoms with E-state index in [9.17, 15) is 0 Å². The van der Waals surface area contributed by atoms with E-state index in [1.807, 2.05) is 12.1 Å². The molecule has 0 fully saturated rings. The van der Waals surface area contributed by atoms with E-state index in [1.54, 1.807) is 24.8 Å². The molecule has 0 amide bonds. The minimum Gasteiger partial charge on any atom is -0.363 e. The Labute approximate surface area is 92.4 Å². The minimum atomic E-state index is 0.376. The van der Waals surface area contributed by atoms with Crippen LogP contribution in [0.2, 0.25) is 5.15 Å². The lowest BCUT2D eigenvalue weighted by Crippen LogP contribution is -2.02. The van der Waals surface area contributed by atoms with Crippen LogP contribution < -0.4 is 5.32 Å². The number of pyridine rings is 1. The summed E-state index contributed by atoms with van der Waals surface area (Å²) >= 11 is 5.84. The number of hydrogen-bond donors (Lipinski definition) is 1. The number of nitrogens with zero attached hydrogens (tertiary/aromatic N) is 3. The Morgan fingerprint density at radius 3 is 2.80 bits per heavy atom. The van der Waals surface area contributed by atoms with E-state index in [-0.39, 0.29) is 0 Å². The molecule has 0 radical (unpaired) electrons. The molecule has 2 aromatic heterocycles. The number of nitrogens with one attached hydrogen (secondary N) is 1. The van der Waals surface area contributed by atoms with Crippen LogP contribution in [0, 0.1) is 0 Å². The van der Waals surface area contributed by atoms with E-state index < -0.39 is 0 Å². The van der Waals surface area contributed by atoms with Crippen LogP contribution in [0.1, 0.15) is 5.56 Å². The van der Waals surface area contributed by atoms with E-state index in [1.165, 1.54) is 0 Å². The van der Waals surface area contributed by atoms with Gasteiger partial charge in [0.2, 0.25) is 0 Å². The van der Waals surface area contributed by atoms with Gasteiger partial charge < -0.3 is 5.32 Å². The van der Waals surface area contributed by atoms with E-state index in [0.717, 1.165) is 5.56 Å². The number of rotatable bonds is 3. The van der Waals surface area contributed by atoms with Gasteiger partial charge >= 0.3 is 0 Å². The van der Waals surface area contributed by atoms with Crippen LogP contribution in [0.4, 0.5) is 5.82 Å². The van der Waals surface area contributed by atoms with E-state index in [4.69, 9.17) is 11.6 Å². The molecule has 0 aliphatic rings. The van der Waals surface area contributed by atoms with Gasteiger partial charge in [-0.1, -0.05) is 17.7 Å². The molecule has 2 aromatic rings. The predicted octanol–water partition coefficient (Wildman–Crippen LogP) is 2.14. The van der Waals surface area contributed by atoms with Gasteiger partial charge in [-0.3, -0.25) is 4.98 Å². The second-order valence-corrected chi connectivity index (χ2v) is 3.27. The molecule has 0 saturated carbocycles. The van der Waals surface area contributed by atoms with Crippen LogP contribution in [0.15, 0.2) is 36.9 Å². The topological polar surface area (TPSA) is 50.7 Å². The van der Waals surface area contributed by atoms with Crippen molar-refractivity contribution >= 4 is 17.4 Å². The number of hydrogen-bond acceptors (Lipinski definition) is 4. The number of anilines is 1. The lowest BCUT2D eigenvalue weighted by molar-refractivity contribution is 1.07. The molecule has 0 spiro atoms. The van der Waals surface area contributed by atoms with Crippen LogP contribution >= 0.6 is 11.6 Å². The van der Waals surface area contributed by atoms with Gasteiger partial charge in [-0.05, 0) is 11.6 Å². The molecule has 1 N–H and O–H groups in total. The molecule has 5 heteroatoms. The summed E-state index contributed by atoms with van der Waals surface area (Å²) in [7, 11) is 0. The second-order valence-electron chi connectivity index (χ2n) is 2.91.